The van der Waals surface area contributed by atoms with E-state index in [2.05, 4.69) is 5.43 Å². The molecule has 0 saturated heterocycles. The summed E-state index contributed by atoms with van der Waals surface area (Å²) in [4.78, 5) is 21.4. The first-order valence-corrected chi connectivity index (χ1v) is 4.52. The summed E-state index contributed by atoms with van der Waals surface area (Å²) < 4.78 is 4.75. The third kappa shape index (κ3) is 2.45. The first kappa shape index (κ1) is 11.9. The van der Waals surface area contributed by atoms with E-state index < -0.39 is 10.9 Å². The Bertz CT molecular complexity index is 419. The van der Waals surface area contributed by atoms with Crippen molar-refractivity contribution in [2.24, 2.45) is 5.84 Å². The highest BCUT2D eigenvalue weighted by atomic mass is 16.6. The number of carbonyl (C=O) groups excluding carboxylic acids is 1. The van der Waals surface area contributed by atoms with Crippen molar-refractivity contribution in [3.05, 3.63) is 33.9 Å². The van der Waals surface area contributed by atoms with E-state index in [9.17, 15) is 14.9 Å². The van der Waals surface area contributed by atoms with E-state index in [1.165, 1.54) is 12.1 Å². The molecule has 0 aliphatic carbocycles. The number of nitrogens with zero attached hydrogens (tertiary/aromatic N) is 1. The van der Waals surface area contributed by atoms with Crippen molar-refractivity contribution in [3.63, 3.8) is 0 Å². The van der Waals surface area contributed by atoms with Crippen LogP contribution < -0.4 is 11.3 Å². The van der Waals surface area contributed by atoms with Gasteiger partial charge in [0.15, 0.2) is 0 Å². The molecule has 0 spiro atoms. The average Bonchev–Trinajstić information content (AvgIpc) is 2.28. The van der Waals surface area contributed by atoms with Crippen molar-refractivity contribution in [2.45, 2.75) is 6.92 Å². The second-order valence-electron chi connectivity index (χ2n) is 2.85. The highest BCUT2D eigenvalue weighted by Gasteiger charge is 2.16. The molecule has 86 valence electrons. The van der Waals surface area contributed by atoms with E-state index in [1.54, 1.807) is 6.92 Å². The van der Waals surface area contributed by atoms with Crippen LogP contribution in [0.15, 0.2) is 18.2 Å². The van der Waals surface area contributed by atoms with E-state index in [4.69, 9.17) is 10.6 Å². The van der Waals surface area contributed by atoms with Crippen LogP contribution >= 0.6 is 0 Å². The monoisotopic (exact) mass is 225 g/mol. The van der Waals surface area contributed by atoms with Gasteiger partial charge in [-0.25, -0.2) is 4.79 Å². The molecule has 1 aromatic carbocycles. The molecule has 0 aliphatic rings. The zero-order valence-electron chi connectivity index (χ0n) is 8.60. The van der Waals surface area contributed by atoms with Gasteiger partial charge in [0.25, 0.3) is 5.69 Å². The van der Waals surface area contributed by atoms with Crippen LogP contribution in [0.3, 0.4) is 0 Å². The highest BCUT2D eigenvalue weighted by molar-refractivity contribution is 5.96. The molecule has 0 bridgehead atoms. The Kier molecular flexibility index (Phi) is 3.78. The van der Waals surface area contributed by atoms with E-state index >= 15 is 0 Å². The Hall–Kier alpha value is -2.15. The van der Waals surface area contributed by atoms with Gasteiger partial charge in [-0.3, -0.25) is 16.0 Å². The average molecular weight is 225 g/mol. The molecule has 0 saturated carbocycles. The minimum atomic E-state index is -0.654. The van der Waals surface area contributed by atoms with Crippen LogP contribution in [0.1, 0.15) is 17.3 Å². The molecule has 1 rings (SSSR count). The number of nitrogens with one attached hydrogen (secondary N) is 1. The molecule has 0 aliphatic heterocycles. The fourth-order valence-electron chi connectivity index (χ4n) is 1.15. The molecule has 0 atom stereocenters. The van der Waals surface area contributed by atoms with Crippen LogP contribution in [0.25, 0.3) is 0 Å². The Balaban J connectivity index is 3.16. The third-order valence-electron chi connectivity index (χ3n) is 1.86. The summed E-state index contributed by atoms with van der Waals surface area (Å²) in [7, 11) is 0. The van der Waals surface area contributed by atoms with E-state index in [0.29, 0.717) is 0 Å². The molecule has 0 unspecified atom stereocenters. The number of hydrazine groups is 1. The quantitative estimate of drug-likeness (QED) is 0.343. The van der Waals surface area contributed by atoms with Crippen molar-refractivity contribution in [2.75, 3.05) is 12.0 Å². The molecule has 0 aromatic heterocycles. The Morgan fingerprint density at radius 2 is 2.31 bits per heavy atom. The number of hydrogen-bond acceptors (Lipinski definition) is 6. The van der Waals surface area contributed by atoms with Crippen molar-refractivity contribution in [3.8, 4) is 0 Å². The number of anilines is 1. The van der Waals surface area contributed by atoms with Gasteiger partial charge in [0, 0.05) is 12.1 Å². The number of nitrogen functional groups attached to an aromatic ring is 1. The summed E-state index contributed by atoms with van der Waals surface area (Å²) in [6.07, 6.45) is 0. The topological polar surface area (TPSA) is 107 Å². The Morgan fingerprint density at radius 3 is 2.81 bits per heavy atom. The van der Waals surface area contributed by atoms with Gasteiger partial charge in [-0.05, 0) is 13.0 Å². The lowest BCUT2D eigenvalue weighted by Crippen LogP contribution is -2.14. The second-order valence-corrected chi connectivity index (χ2v) is 2.85. The molecule has 1 aromatic rings. The molecule has 0 heterocycles. The van der Waals surface area contributed by atoms with Gasteiger partial charge in [-0.15, -0.1) is 0 Å². The van der Waals surface area contributed by atoms with Crippen molar-refractivity contribution < 1.29 is 14.5 Å². The molecule has 3 N–H and O–H groups in total. The predicted octanol–water partition coefficient (Wildman–Crippen LogP) is 1.06. The number of hydrogen-bond donors (Lipinski definition) is 2. The van der Waals surface area contributed by atoms with E-state index in [0.717, 1.165) is 6.07 Å². The van der Waals surface area contributed by atoms with Gasteiger partial charge in [-0.1, -0.05) is 0 Å². The summed E-state index contributed by atoms with van der Waals surface area (Å²) in [5.41, 5.74) is 2.41. The number of nitro groups is 1. The zero-order valence-corrected chi connectivity index (χ0v) is 8.60. The summed E-state index contributed by atoms with van der Waals surface area (Å²) >= 11 is 0. The van der Waals surface area contributed by atoms with Gasteiger partial charge in [0.1, 0.15) is 0 Å². The standard InChI is InChI=1S/C9H11N3O4/c1-2-16-9(13)7-5-6(12(14)15)3-4-8(7)11-10/h3-5,11H,2,10H2,1H3. The predicted molar refractivity (Wildman–Crippen MR) is 56.9 cm³/mol. The number of benzene rings is 1. The first-order chi connectivity index (χ1) is 7.60. The molecule has 7 nitrogen and oxygen atoms in total. The smallest absolute Gasteiger partial charge is 0.340 e. The summed E-state index contributed by atoms with van der Waals surface area (Å²) in [6, 6.07) is 3.72. The number of nitrogens with two attached hydrogens (primary N) is 1. The van der Waals surface area contributed by atoms with E-state index in [1.807, 2.05) is 0 Å². The SMILES string of the molecule is CCOC(=O)c1cc([N+](=O)[O-])ccc1NN. The normalized spacial score (nSPS) is 9.62. The maximum Gasteiger partial charge on any atom is 0.340 e. The highest BCUT2D eigenvalue weighted by Crippen LogP contribution is 2.22. The number of non-ortho nitro benzene ring substituents is 1. The summed E-state index contributed by atoms with van der Waals surface area (Å²) in [6.45, 7) is 1.83. The van der Waals surface area contributed by atoms with Crippen LogP contribution in [0.2, 0.25) is 0 Å². The van der Waals surface area contributed by atoms with Gasteiger partial charge in [0.2, 0.25) is 0 Å². The van der Waals surface area contributed by atoms with Gasteiger partial charge < -0.3 is 10.2 Å². The van der Waals surface area contributed by atoms with Crippen molar-refractivity contribution in [1.82, 2.24) is 0 Å². The molecular formula is C9H11N3O4. The minimum Gasteiger partial charge on any atom is -0.462 e. The van der Waals surface area contributed by atoms with Crippen LogP contribution in [0, 0.1) is 10.1 Å². The van der Waals surface area contributed by atoms with Crippen LogP contribution in [-0.2, 0) is 4.74 Å². The largest absolute Gasteiger partial charge is 0.462 e. The van der Waals surface area contributed by atoms with Gasteiger partial charge in [-0.2, -0.15) is 0 Å². The van der Waals surface area contributed by atoms with Crippen LogP contribution in [-0.4, -0.2) is 17.5 Å². The third-order valence-corrected chi connectivity index (χ3v) is 1.86. The zero-order chi connectivity index (χ0) is 12.1. The molecule has 0 amide bonds. The first-order valence-electron chi connectivity index (χ1n) is 4.52. The number of carbonyl (C=O) groups is 1. The summed E-state index contributed by atoms with van der Waals surface area (Å²) in [5, 5.41) is 10.5. The second kappa shape index (κ2) is 5.08. The number of ether oxygens (including phenoxy) is 1. The van der Waals surface area contributed by atoms with Gasteiger partial charge >= 0.3 is 5.97 Å². The lowest BCUT2D eigenvalue weighted by Gasteiger charge is -2.07. The van der Waals surface area contributed by atoms with E-state index in [-0.39, 0.29) is 23.5 Å². The van der Waals surface area contributed by atoms with Crippen molar-refractivity contribution >= 4 is 17.3 Å². The molecular weight excluding hydrogens is 214 g/mol. The summed E-state index contributed by atoms with van der Waals surface area (Å²) in [5.74, 6) is 4.53. The number of esters is 1. The number of nitro benzene ring substituents is 1. The molecule has 7 heteroatoms. The van der Waals surface area contributed by atoms with Crippen LogP contribution in [0.4, 0.5) is 11.4 Å². The molecule has 16 heavy (non-hydrogen) atoms. The van der Waals surface area contributed by atoms with Gasteiger partial charge in [0.05, 0.1) is 22.8 Å². The maximum atomic E-state index is 11.5. The maximum absolute atomic E-state index is 11.5. The Morgan fingerprint density at radius 1 is 1.62 bits per heavy atom. The molecule has 0 radical (unpaired) electrons. The fourth-order valence-corrected chi connectivity index (χ4v) is 1.15. The lowest BCUT2D eigenvalue weighted by atomic mass is 10.1. The number of rotatable bonds is 4. The van der Waals surface area contributed by atoms with Crippen LogP contribution in [0.5, 0.6) is 0 Å². The molecule has 0 fully saturated rings. The minimum absolute atomic E-state index is 0.0403. The fraction of sp³-hybridized carbons (Fsp3) is 0.222. The Labute approximate surface area is 91.3 Å². The van der Waals surface area contributed by atoms with Crippen molar-refractivity contribution in [1.29, 1.82) is 0 Å². The lowest BCUT2D eigenvalue weighted by molar-refractivity contribution is -0.384.